The highest BCUT2D eigenvalue weighted by Crippen LogP contribution is 2.21. The van der Waals surface area contributed by atoms with Crippen LogP contribution in [0.4, 0.5) is 5.69 Å². The minimum Gasteiger partial charge on any atom is -0.481 e. The summed E-state index contributed by atoms with van der Waals surface area (Å²) < 4.78 is 5.09. The van der Waals surface area contributed by atoms with Gasteiger partial charge in [-0.05, 0) is 29.8 Å². The molecule has 0 amide bonds. The fourth-order valence-corrected chi connectivity index (χ4v) is 3.28. The van der Waals surface area contributed by atoms with Crippen molar-refractivity contribution in [3.05, 3.63) is 69.8 Å². The second-order valence-corrected chi connectivity index (χ2v) is 6.63. The van der Waals surface area contributed by atoms with Crippen LogP contribution in [0.5, 0.6) is 5.88 Å². The molecule has 0 spiro atoms. The van der Waals surface area contributed by atoms with E-state index in [-0.39, 0.29) is 5.56 Å². The number of nitrogens with two attached hydrogens (primary N) is 1. The lowest BCUT2D eigenvalue weighted by atomic mass is 10.1. The summed E-state index contributed by atoms with van der Waals surface area (Å²) in [6.45, 7) is 2.15. The topological polar surface area (TPSA) is 97.1 Å². The summed E-state index contributed by atoms with van der Waals surface area (Å²) in [6, 6.07) is 11.2. The Kier molecular flexibility index (Phi) is 4.60. The molecule has 0 fully saturated rings. The number of hydrogen-bond donors (Lipinski definition) is 2. The normalized spacial score (nSPS) is 14.0. The second kappa shape index (κ2) is 7.20. The van der Waals surface area contributed by atoms with E-state index in [9.17, 15) is 4.79 Å². The van der Waals surface area contributed by atoms with Crippen LogP contribution in [0.15, 0.2) is 47.4 Å². The van der Waals surface area contributed by atoms with Crippen LogP contribution in [-0.4, -0.2) is 33.5 Å². The number of pyridine rings is 1. The molecule has 1 aliphatic rings. The summed E-state index contributed by atoms with van der Waals surface area (Å²) in [6.07, 6.45) is 2.55. The van der Waals surface area contributed by atoms with Crippen molar-refractivity contribution in [3.63, 3.8) is 0 Å². The van der Waals surface area contributed by atoms with Crippen LogP contribution in [0, 0.1) is 0 Å². The fraction of sp³-hybridized carbons (Fsp3) is 0.250. The number of anilines is 1. The molecule has 0 atom stereocenters. The zero-order chi connectivity index (χ0) is 18.8. The Morgan fingerprint density at radius 3 is 2.74 bits per heavy atom. The first-order valence-corrected chi connectivity index (χ1v) is 8.81. The first kappa shape index (κ1) is 17.2. The van der Waals surface area contributed by atoms with Gasteiger partial charge in [0.2, 0.25) is 5.88 Å². The first-order valence-electron chi connectivity index (χ1n) is 8.81. The number of aromatic amines is 1. The molecule has 4 rings (SSSR count). The van der Waals surface area contributed by atoms with Crippen molar-refractivity contribution in [2.24, 2.45) is 0 Å². The molecule has 3 N–H and O–H groups in total. The van der Waals surface area contributed by atoms with E-state index in [0.717, 1.165) is 41.9 Å². The van der Waals surface area contributed by atoms with E-state index in [4.69, 9.17) is 10.5 Å². The molecular formula is C20H21N5O2. The van der Waals surface area contributed by atoms with Crippen LogP contribution in [0.1, 0.15) is 16.8 Å². The van der Waals surface area contributed by atoms with Crippen LogP contribution >= 0.6 is 0 Å². The van der Waals surface area contributed by atoms with E-state index in [0.29, 0.717) is 23.9 Å². The predicted octanol–water partition coefficient (Wildman–Crippen LogP) is 1.98. The lowest BCUT2D eigenvalue weighted by Crippen LogP contribution is -2.35. The molecule has 2 aromatic heterocycles. The number of rotatable bonds is 4. The molecule has 0 radical (unpaired) electrons. The van der Waals surface area contributed by atoms with Crippen molar-refractivity contribution in [1.29, 1.82) is 0 Å². The van der Waals surface area contributed by atoms with Gasteiger partial charge in [0.15, 0.2) is 0 Å². The van der Waals surface area contributed by atoms with Gasteiger partial charge in [-0.3, -0.25) is 9.69 Å². The van der Waals surface area contributed by atoms with Crippen molar-refractivity contribution < 1.29 is 4.74 Å². The zero-order valence-electron chi connectivity index (χ0n) is 15.1. The standard InChI is InChI=1S/C20H21N5O2/c1-27-18-7-2-13(10-22-18)11-25-9-8-17-16(12-25)20(26)24-19(23-17)14-3-5-15(21)6-4-14/h2-7,10H,8-9,11-12,21H2,1H3,(H,23,24,26). The van der Waals surface area contributed by atoms with E-state index < -0.39 is 0 Å². The predicted molar refractivity (Wildman–Crippen MR) is 103 cm³/mol. The molecule has 1 aromatic carbocycles. The number of fused-ring (bicyclic) bond motifs is 1. The van der Waals surface area contributed by atoms with E-state index in [2.05, 4.69) is 19.9 Å². The second-order valence-electron chi connectivity index (χ2n) is 6.63. The molecule has 1 aliphatic heterocycles. The lowest BCUT2D eigenvalue weighted by molar-refractivity contribution is 0.241. The van der Waals surface area contributed by atoms with Gasteiger partial charge < -0.3 is 15.5 Å². The minimum absolute atomic E-state index is 0.0793. The molecule has 3 heterocycles. The van der Waals surface area contributed by atoms with Gasteiger partial charge in [-0.1, -0.05) is 6.07 Å². The molecule has 0 bridgehead atoms. The van der Waals surface area contributed by atoms with Gasteiger partial charge in [-0.15, -0.1) is 0 Å². The first-order chi connectivity index (χ1) is 13.1. The largest absolute Gasteiger partial charge is 0.481 e. The minimum atomic E-state index is -0.0793. The Labute approximate surface area is 156 Å². The van der Waals surface area contributed by atoms with Crippen molar-refractivity contribution in [1.82, 2.24) is 19.9 Å². The summed E-state index contributed by atoms with van der Waals surface area (Å²) >= 11 is 0. The summed E-state index contributed by atoms with van der Waals surface area (Å²) in [4.78, 5) is 26.7. The van der Waals surface area contributed by atoms with E-state index in [1.807, 2.05) is 24.3 Å². The van der Waals surface area contributed by atoms with Gasteiger partial charge in [-0.25, -0.2) is 9.97 Å². The summed E-state index contributed by atoms with van der Waals surface area (Å²) in [5.41, 5.74) is 9.89. The fourth-order valence-electron chi connectivity index (χ4n) is 3.28. The smallest absolute Gasteiger partial charge is 0.255 e. The highest BCUT2D eigenvalue weighted by atomic mass is 16.5. The number of ether oxygens (including phenoxy) is 1. The lowest BCUT2D eigenvalue weighted by Gasteiger charge is -2.27. The highest BCUT2D eigenvalue weighted by molar-refractivity contribution is 5.58. The van der Waals surface area contributed by atoms with E-state index >= 15 is 0 Å². The Morgan fingerprint density at radius 1 is 1.22 bits per heavy atom. The number of nitrogens with one attached hydrogen (secondary N) is 1. The van der Waals surface area contributed by atoms with Crippen LogP contribution in [0.25, 0.3) is 11.4 Å². The summed E-state index contributed by atoms with van der Waals surface area (Å²) in [5.74, 6) is 1.19. The Bertz CT molecular complexity index is 996. The SMILES string of the molecule is COc1ccc(CN2CCc3nc(-c4ccc(N)cc4)[nH]c(=O)c3C2)cn1. The van der Waals surface area contributed by atoms with E-state index in [1.165, 1.54) is 0 Å². The van der Waals surface area contributed by atoms with Gasteiger partial charge in [-0.2, -0.15) is 0 Å². The maximum atomic E-state index is 12.6. The summed E-state index contributed by atoms with van der Waals surface area (Å²) in [5, 5.41) is 0. The molecule has 3 aromatic rings. The average Bonchev–Trinajstić information content (AvgIpc) is 2.69. The molecule has 0 aliphatic carbocycles. The van der Waals surface area contributed by atoms with E-state index in [1.54, 1.807) is 25.4 Å². The van der Waals surface area contributed by atoms with Gasteiger partial charge in [0, 0.05) is 49.6 Å². The Morgan fingerprint density at radius 2 is 2.04 bits per heavy atom. The van der Waals surface area contributed by atoms with Crippen LogP contribution in [-0.2, 0) is 19.5 Å². The third-order valence-electron chi connectivity index (χ3n) is 4.74. The maximum absolute atomic E-state index is 12.6. The van der Waals surface area contributed by atoms with Crippen LogP contribution < -0.4 is 16.0 Å². The zero-order valence-corrected chi connectivity index (χ0v) is 15.1. The third kappa shape index (κ3) is 3.68. The third-order valence-corrected chi connectivity index (χ3v) is 4.74. The van der Waals surface area contributed by atoms with Gasteiger partial charge in [0.25, 0.3) is 5.56 Å². The number of aromatic nitrogens is 3. The Hall–Kier alpha value is -3.19. The van der Waals surface area contributed by atoms with Gasteiger partial charge in [0.1, 0.15) is 5.82 Å². The molecule has 0 saturated carbocycles. The molecule has 7 nitrogen and oxygen atoms in total. The quantitative estimate of drug-likeness (QED) is 0.688. The molecular weight excluding hydrogens is 342 g/mol. The Balaban J connectivity index is 1.54. The monoisotopic (exact) mass is 363 g/mol. The van der Waals surface area contributed by atoms with Crippen molar-refractivity contribution >= 4 is 5.69 Å². The number of benzene rings is 1. The van der Waals surface area contributed by atoms with Crippen LogP contribution in [0.3, 0.4) is 0 Å². The number of nitrogen functional groups attached to an aromatic ring is 1. The van der Waals surface area contributed by atoms with Gasteiger partial charge >= 0.3 is 0 Å². The number of nitrogens with zero attached hydrogens (tertiary/aromatic N) is 3. The molecule has 7 heteroatoms. The van der Waals surface area contributed by atoms with Gasteiger partial charge in [0.05, 0.1) is 18.4 Å². The maximum Gasteiger partial charge on any atom is 0.255 e. The number of hydrogen-bond acceptors (Lipinski definition) is 6. The summed E-state index contributed by atoms with van der Waals surface area (Å²) in [7, 11) is 1.60. The van der Waals surface area contributed by atoms with Crippen molar-refractivity contribution in [2.75, 3.05) is 19.4 Å². The highest BCUT2D eigenvalue weighted by Gasteiger charge is 2.21. The average molecular weight is 363 g/mol. The molecule has 138 valence electrons. The van der Waals surface area contributed by atoms with Crippen molar-refractivity contribution in [2.45, 2.75) is 19.5 Å². The number of methoxy groups -OCH3 is 1. The molecule has 0 saturated heterocycles. The van der Waals surface area contributed by atoms with Crippen molar-refractivity contribution in [3.8, 4) is 17.3 Å². The molecule has 0 unspecified atom stereocenters. The number of H-pyrrole nitrogens is 1. The molecule has 27 heavy (non-hydrogen) atoms. The van der Waals surface area contributed by atoms with Crippen LogP contribution in [0.2, 0.25) is 0 Å².